The number of alkyl halides is 1. The Hall–Kier alpha value is -2.06. The molecular formula is C17H18BrNO5S. The fourth-order valence-corrected chi connectivity index (χ4v) is 3.31. The molecule has 1 atom stereocenters. The second kappa shape index (κ2) is 8.35. The maximum atomic E-state index is 12.5. The number of carbonyl (C=O) groups is 1. The summed E-state index contributed by atoms with van der Waals surface area (Å²) in [5, 5.41) is -0.242. The lowest BCUT2D eigenvalue weighted by Gasteiger charge is -2.12. The van der Waals surface area contributed by atoms with Crippen LogP contribution >= 0.6 is 15.9 Å². The summed E-state index contributed by atoms with van der Waals surface area (Å²) in [6.45, 7) is 3.78. The SMILES string of the molecule is CCOC(=O)c1ccc(NS(=O)(=O)c2cccc(OC(C)Br)c2)cc1. The van der Waals surface area contributed by atoms with Crippen LogP contribution in [0.4, 0.5) is 5.69 Å². The van der Waals surface area contributed by atoms with Gasteiger partial charge in [0.2, 0.25) is 0 Å². The topological polar surface area (TPSA) is 81.7 Å². The highest BCUT2D eigenvalue weighted by molar-refractivity contribution is 9.09. The van der Waals surface area contributed by atoms with E-state index in [1.165, 1.54) is 36.4 Å². The predicted molar refractivity (Wildman–Crippen MR) is 98.7 cm³/mol. The van der Waals surface area contributed by atoms with Crippen molar-refractivity contribution < 1.29 is 22.7 Å². The van der Waals surface area contributed by atoms with Crippen molar-refractivity contribution in [2.75, 3.05) is 11.3 Å². The molecule has 2 aromatic rings. The molecule has 1 N–H and O–H groups in total. The van der Waals surface area contributed by atoms with Gasteiger partial charge in [0, 0.05) is 11.8 Å². The summed E-state index contributed by atoms with van der Waals surface area (Å²) in [4.78, 5) is 11.7. The van der Waals surface area contributed by atoms with E-state index in [-0.39, 0.29) is 16.5 Å². The van der Waals surface area contributed by atoms with Crippen molar-refractivity contribution in [3.05, 3.63) is 54.1 Å². The molecule has 6 nitrogen and oxygen atoms in total. The number of nitrogens with one attached hydrogen (secondary N) is 1. The van der Waals surface area contributed by atoms with Gasteiger partial charge < -0.3 is 9.47 Å². The summed E-state index contributed by atoms with van der Waals surface area (Å²) in [5.74, 6) is -0.0180. The quantitative estimate of drug-likeness (QED) is 0.536. The van der Waals surface area contributed by atoms with E-state index in [9.17, 15) is 13.2 Å². The van der Waals surface area contributed by atoms with Crippen molar-refractivity contribution in [2.24, 2.45) is 0 Å². The number of anilines is 1. The third kappa shape index (κ3) is 5.47. The van der Waals surface area contributed by atoms with Crippen LogP contribution in [-0.2, 0) is 14.8 Å². The Morgan fingerprint density at radius 1 is 1.20 bits per heavy atom. The normalized spacial score (nSPS) is 12.3. The smallest absolute Gasteiger partial charge is 0.338 e. The van der Waals surface area contributed by atoms with Gasteiger partial charge >= 0.3 is 5.97 Å². The summed E-state index contributed by atoms with van der Waals surface area (Å²) < 4.78 is 37.8. The van der Waals surface area contributed by atoms with Crippen LogP contribution < -0.4 is 9.46 Å². The van der Waals surface area contributed by atoms with Crippen LogP contribution in [0.5, 0.6) is 5.75 Å². The molecule has 1 unspecified atom stereocenters. The van der Waals surface area contributed by atoms with Crippen LogP contribution in [0.25, 0.3) is 0 Å². The molecule has 0 aliphatic heterocycles. The van der Waals surface area contributed by atoms with Crippen LogP contribution in [-0.4, -0.2) is 26.0 Å². The zero-order valence-corrected chi connectivity index (χ0v) is 16.1. The fourth-order valence-electron chi connectivity index (χ4n) is 2.01. The Kier molecular flexibility index (Phi) is 6.44. The number of carbonyl (C=O) groups excluding carboxylic acids is 1. The molecule has 0 radical (unpaired) electrons. The molecule has 0 heterocycles. The van der Waals surface area contributed by atoms with Gasteiger partial charge in [0.05, 0.1) is 17.1 Å². The molecule has 0 aromatic heterocycles. The van der Waals surface area contributed by atoms with Crippen molar-refractivity contribution in [1.29, 1.82) is 0 Å². The van der Waals surface area contributed by atoms with Crippen LogP contribution in [0, 0.1) is 0 Å². The summed E-state index contributed by atoms with van der Waals surface area (Å²) in [6, 6.07) is 12.2. The minimum atomic E-state index is -3.78. The first kappa shape index (κ1) is 19.3. The molecule has 0 bridgehead atoms. The van der Waals surface area contributed by atoms with E-state index in [0.29, 0.717) is 17.0 Å². The fraction of sp³-hybridized carbons (Fsp3) is 0.235. The zero-order valence-electron chi connectivity index (χ0n) is 13.7. The highest BCUT2D eigenvalue weighted by atomic mass is 79.9. The first-order valence-electron chi connectivity index (χ1n) is 7.52. The van der Waals surface area contributed by atoms with E-state index >= 15 is 0 Å². The van der Waals surface area contributed by atoms with Crippen molar-refractivity contribution in [1.82, 2.24) is 0 Å². The largest absolute Gasteiger partial charge is 0.480 e. The molecule has 8 heteroatoms. The Morgan fingerprint density at radius 2 is 1.88 bits per heavy atom. The van der Waals surface area contributed by atoms with E-state index in [1.54, 1.807) is 26.0 Å². The number of rotatable bonds is 7. The highest BCUT2D eigenvalue weighted by Crippen LogP contribution is 2.22. The molecule has 0 saturated carbocycles. The number of ether oxygens (including phenoxy) is 2. The van der Waals surface area contributed by atoms with Gasteiger partial charge in [-0.1, -0.05) is 6.07 Å². The monoisotopic (exact) mass is 427 g/mol. The predicted octanol–water partition coefficient (Wildman–Crippen LogP) is 3.78. The molecule has 0 fully saturated rings. The van der Waals surface area contributed by atoms with Crippen LogP contribution in [0.1, 0.15) is 24.2 Å². The van der Waals surface area contributed by atoms with Crippen molar-refractivity contribution in [3.63, 3.8) is 0 Å². The van der Waals surface area contributed by atoms with E-state index in [1.807, 2.05) is 0 Å². The molecule has 0 aliphatic rings. The highest BCUT2D eigenvalue weighted by Gasteiger charge is 2.16. The van der Waals surface area contributed by atoms with Crippen molar-refractivity contribution in [2.45, 2.75) is 23.8 Å². The Labute approximate surface area is 155 Å². The van der Waals surface area contributed by atoms with Gasteiger partial charge in [-0.3, -0.25) is 4.72 Å². The molecule has 0 saturated heterocycles. The second-order valence-electron chi connectivity index (χ2n) is 5.04. The third-order valence-electron chi connectivity index (χ3n) is 3.06. The number of benzene rings is 2. The standard InChI is InChI=1S/C17H18BrNO5S/c1-3-23-17(20)13-7-9-14(10-8-13)19-25(21,22)16-6-4-5-15(11-16)24-12(2)18/h4-12,19H,3H2,1-2H3. The summed E-state index contributed by atoms with van der Waals surface area (Å²) in [6.07, 6.45) is 0. The second-order valence-corrected chi connectivity index (χ2v) is 8.01. The van der Waals surface area contributed by atoms with Gasteiger partial charge in [-0.05, 0) is 66.2 Å². The van der Waals surface area contributed by atoms with Gasteiger partial charge in [-0.15, -0.1) is 0 Å². The number of hydrogen-bond acceptors (Lipinski definition) is 5. The van der Waals surface area contributed by atoms with E-state index < -0.39 is 16.0 Å². The van der Waals surface area contributed by atoms with Gasteiger partial charge in [0.25, 0.3) is 10.0 Å². The Bertz CT molecular complexity index is 834. The van der Waals surface area contributed by atoms with Gasteiger partial charge in [-0.25, -0.2) is 13.2 Å². The molecule has 0 aliphatic carbocycles. The lowest BCUT2D eigenvalue weighted by Crippen LogP contribution is -2.13. The average molecular weight is 428 g/mol. The van der Waals surface area contributed by atoms with Gasteiger partial charge in [-0.2, -0.15) is 0 Å². The van der Waals surface area contributed by atoms with E-state index in [4.69, 9.17) is 9.47 Å². The first-order valence-corrected chi connectivity index (χ1v) is 9.92. The average Bonchev–Trinajstić information content (AvgIpc) is 2.55. The summed E-state index contributed by atoms with van der Waals surface area (Å²) in [5.41, 5.74) is 0.694. The summed E-state index contributed by atoms with van der Waals surface area (Å²) in [7, 11) is -3.78. The van der Waals surface area contributed by atoms with Crippen LogP contribution in [0.3, 0.4) is 0 Å². The van der Waals surface area contributed by atoms with Crippen LogP contribution in [0.2, 0.25) is 0 Å². The minimum Gasteiger partial charge on any atom is -0.480 e. The number of hydrogen-bond donors (Lipinski definition) is 1. The molecule has 2 aromatic carbocycles. The maximum Gasteiger partial charge on any atom is 0.338 e. The minimum absolute atomic E-state index is 0.0765. The first-order chi connectivity index (χ1) is 11.8. The lowest BCUT2D eigenvalue weighted by molar-refractivity contribution is 0.0526. The third-order valence-corrected chi connectivity index (χ3v) is 4.63. The number of sulfonamides is 1. The van der Waals surface area contributed by atoms with Gasteiger partial charge in [0.1, 0.15) is 5.75 Å². The molecule has 25 heavy (non-hydrogen) atoms. The maximum absolute atomic E-state index is 12.5. The van der Waals surface area contributed by atoms with Crippen LogP contribution in [0.15, 0.2) is 53.4 Å². The molecule has 0 amide bonds. The van der Waals surface area contributed by atoms with E-state index in [2.05, 4.69) is 20.7 Å². The Balaban J connectivity index is 2.17. The summed E-state index contributed by atoms with van der Waals surface area (Å²) >= 11 is 3.24. The molecule has 0 spiro atoms. The van der Waals surface area contributed by atoms with Gasteiger partial charge in [0.15, 0.2) is 5.01 Å². The number of halogens is 1. The van der Waals surface area contributed by atoms with E-state index in [0.717, 1.165) is 0 Å². The zero-order chi connectivity index (χ0) is 18.4. The lowest BCUT2D eigenvalue weighted by atomic mass is 10.2. The molecular weight excluding hydrogens is 410 g/mol. The Morgan fingerprint density at radius 3 is 2.48 bits per heavy atom. The molecule has 134 valence electrons. The number of esters is 1. The van der Waals surface area contributed by atoms with Crippen molar-refractivity contribution in [3.8, 4) is 5.75 Å². The van der Waals surface area contributed by atoms with Crippen molar-refractivity contribution >= 4 is 37.6 Å². The molecule has 2 rings (SSSR count).